The second kappa shape index (κ2) is 12.6. The third kappa shape index (κ3) is 7.87. The maximum absolute atomic E-state index is 4.37. The van der Waals surface area contributed by atoms with Crippen LogP contribution in [-0.4, -0.2) is 62.6 Å². The smallest absolute Gasteiger partial charge is 0.191 e. The maximum Gasteiger partial charge on any atom is 0.191 e. The molecule has 3 rings (SSSR count). The molecule has 0 aromatic heterocycles. The number of hydrogen-bond acceptors (Lipinski definition) is 3. The Kier molecular flexibility index (Phi) is 10.6. The van der Waals surface area contributed by atoms with Crippen LogP contribution in [0.5, 0.6) is 0 Å². The summed E-state index contributed by atoms with van der Waals surface area (Å²) in [7, 11) is 4.06. The van der Waals surface area contributed by atoms with Gasteiger partial charge in [0.1, 0.15) is 0 Å². The van der Waals surface area contributed by atoms with E-state index in [4.69, 9.17) is 0 Å². The Balaban J connectivity index is 0.00000280. The van der Waals surface area contributed by atoms with Crippen molar-refractivity contribution in [2.24, 2.45) is 10.9 Å². The molecule has 158 valence electrons. The molecule has 5 nitrogen and oxygen atoms in total. The van der Waals surface area contributed by atoms with E-state index in [0.717, 1.165) is 31.5 Å². The number of halogens is 1. The summed E-state index contributed by atoms with van der Waals surface area (Å²) in [5.74, 6) is 1.67. The number of rotatable bonds is 6. The van der Waals surface area contributed by atoms with Crippen molar-refractivity contribution in [1.29, 1.82) is 0 Å². The van der Waals surface area contributed by atoms with Crippen LogP contribution >= 0.6 is 24.0 Å². The van der Waals surface area contributed by atoms with Gasteiger partial charge >= 0.3 is 0 Å². The normalized spacial score (nSPS) is 19.9. The summed E-state index contributed by atoms with van der Waals surface area (Å²) >= 11 is 0. The predicted octanol–water partition coefficient (Wildman–Crippen LogP) is 3.30. The molecule has 0 saturated carbocycles. The van der Waals surface area contributed by atoms with Crippen molar-refractivity contribution in [1.82, 2.24) is 20.4 Å². The lowest BCUT2D eigenvalue weighted by molar-refractivity contribution is 0.220. The number of nitrogens with one attached hydrogen (secondary N) is 2. The van der Waals surface area contributed by atoms with Crippen molar-refractivity contribution in [2.45, 2.75) is 45.2 Å². The number of likely N-dealkylation sites (tertiary alicyclic amines) is 2. The molecule has 28 heavy (non-hydrogen) atoms. The molecule has 2 aliphatic rings. The molecule has 0 bridgehead atoms. The molecule has 0 spiro atoms. The number of hydrogen-bond donors (Lipinski definition) is 2. The van der Waals surface area contributed by atoms with Crippen molar-refractivity contribution in [3.8, 4) is 0 Å². The summed E-state index contributed by atoms with van der Waals surface area (Å²) in [4.78, 5) is 9.36. The fraction of sp³-hybridized carbons (Fsp3) is 0.682. The van der Waals surface area contributed by atoms with Crippen LogP contribution in [0.25, 0.3) is 0 Å². The first-order chi connectivity index (χ1) is 13.2. The zero-order chi connectivity index (χ0) is 18.9. The minimum absolute atomic E-state index is 0. The highest BCUT2D eigenvalue weighted by molar-refractivity contribution is 14.0. The Morgan fingerprint density at radius 2 is 1.61 bits per heavy atom. The maximum atomic E-state index is 4.37. The molecule has 1 aromatic rings. The summed E-state index contributed by atoms with van der Waals surface area (Å²) in [5.41, 5.74) is 2.73. The van der Waals surface area contributed by atoms with E-state index in [9.17, 15) is 0 Å². The number of nitrogens with zero attached hydrogens (tertiary/aromatic N) is 3. The van der Waals surface area contributed by atoms with Gasteiger partial charge in [-0.25, -0.2) is 0 Å². The van der Waals surface area contributed by atoms with Crippen molar-refractivity contribution < 1.29 is 0 Å². The van der Waals surface area contributed by atoms with Gasteiger partial charge in [-0.3, -0.25) is 9.89 Å². The minimum atomic E-state index is 0. The minimum Gasteiger partial charge on any atom is -0.356 e. The first-order valence-electron chi connectivity index (χ1n) is 10.7. The van der Waals surface area contributed by atoms with E-state index in [-0.39, 0.29) is 24.0 Å². The first-order valence-corrected chi connectivity index (χ1v) is 10.7. The molecule has 0 amide bonds. The van der Waals surface area contributed by atoms with E-state index in [0.29, 0.717) is 0 Å². The fourth-order valence-electron chi connectivity index (χ4n) is 4.05. The summed E-state index contributed by atoms with van der Waals surface area (Å²) in [5, 5.41) is 6.96. The molecule has 2 N–H and O–H groups in total. The van der Waals surface area contributed by atoms with Crippen molar-refractivity contribution >= 4 is 29.9 Å². The highest BCUT2D eigenvalue weighted by Crippen LogP contribution is 2.15. The van der Waals surface area contributed by atoms with Gasteiger partial charge in [-0.05, 0) is 76.0 Å². The van der Waals surface area contributed by atoms with Crippen LogP contribution in [-0.2, 0) is 13.1 Å². The third-order valence-corrected chi connectivity index (χ3v) is 5.96. The van der Waals surface area contributed by atoms with Crippen LogP contribution < -0.4 is 10.6 Å². The Morgan fingerprint density at radius 1 is 0.964 bits per heavy atom. The van der Waals surface area contributed by atoms with Gasteiger partial charge in [0.25, 0.3) is 0 Å². The molecular formula is C22H38IN5. The third-order valence-electron chi connectivity index (χ3n) is 5.96. The Labute approximate surface area is 188 Å². The van der Waals surface area contributed by atoms with Crippen LogP contribution in [0.1, 0.15) is 43.2 Å². The monoisotopic (exact) mass is 499 g/mol. The standard InChI is InChI=1S/C22H37N5.HI/c1-23-22(25-17-20-10-14-26(2)15-11-20)24-16-19-6-8-21(9-7-19)18-27-12-4-3-5-13-27;/h6-9,20H,3-5,10-18H2,1-2H3,(H2,23,24,25);1H. The van der Waals surface area contributed by atoms with Gasteiger partial charge in [-0.2, -0.15) is 0 Å². The zero-order valence-corrected chi connectivity index (χ0v) is 20.0. The van der Waals surface area contributed by atoms with Gasteiger partial charge in [-0.1, -0.05) is 30.7 Å². The topological polar surface area (TPSA) is 42.9 Å². The van der Waals surface area contributed by atoms with E-state index >= 15 is 0 Å². The van der Waals surface area contributed by atoms with E-state index in [1.165, 1.54) is 69.4 Å². The fourth-order valence-corrected chi connectivity index (χ4v) is 4.05. The van der Waals surface area contributed by atoms with Crippen LogP contribution in [0.15, 0.2) is 29.3 Å². The number of aliphatic imine (C=N–C) groups is 1. The van der Waals surface area contributed by atoms with Gasteiger partial charge < -0.3 is 15.5 Å². The molecule has 1 aromatic carbocycles. The highest BCUT2D eigenvalue weighted by atomic mass is 127. The highest BCUT2D eigenvalue weighted by Gasteiger charge is 2.16. The van der Waals surface area contributed by atoms with Gasteiger partial charge in [-0.15, -0.1) is 24.0 Å². The largest absolute Gasteiger partial charge is 0.356 e. The molecule has 2 fully saturated rings. The molecule has 0 radical (unpaired) electrons. The first kappa shape index (κ1) is 23.4. The number of piperidine rings is 2. The van der Waals surface area contributed by atoms with Gasteiger partial charge in [0, 0.05) is 26.7 Å². The zero-order valence-electron chi connectivity index (χ0n) is 17.6. The quantitative estimate of drug-likeness (QED) is 0.358. The molecule has 2 saturated heterocycles. The number of guanidine groups is 1. The van der Waals surface area contributed by atoms with Gasteiger partial charge in [0.05, 0.1) is 0 Å². The van der Waals surface area contributed by atoms with Gasteiger partial charge in [0.15, 0.2) is 5.96 Å². The SMILES string of the molecule is CN=C(NCc1ccc(CN2CCCCC2)cc1)NCC1CCN(C)CC1.I. The Morgan fingerprint density at radius 3 is 2.25 bits per heavy atom. The molecule has 6 heteroatoms. The van der Waals surface area contributed by atoms with Crippen LogP contribution in [0.4, 0.5) is 0 Å². The summed E-state index contributed by atoms with van der Waals surface area (Å²) < 4.78 is 0. The van der Waals surface area contributed by atoms with Crippen LogP contribution in [0.3, 0.4) is 0 Å². The average molecular weight is 499 g/mol. The lowest BCUT2D eigenvalue weighted by Crippen LogP contribution is -2.42. The van der Waals surface area contributed by atoms with Crippen molar-refractivity contribution in [3.63, 3.8) is 0 Å². The summed E-state index contributed by atoms with van der Waals surface area (Å²) in [6, 6.07) is 9.05. The van der Waals surface area contributed by atoms with E-state index in [1.54, 1.807) is 0 Å². The van der Waals surface area contributed by atoms with Crippen molar-refractivity contribution in [3.05, 3.63) is 35.4 Å². The molecule has 2 heterocycles. The second-order valence-electron chi connectivity index (χ2n) is 8.21. The number of benzene rings is 1. The average Bonchev–Trinajstić information content (AvgIpc) is 2.71. The van der Waals surface area contributed by atoms with Crippen LogP contribution in [0.2, 0.25) is 0 Å². The van der Waals surface area contributed by atoms with E-state index in [1.807, 2.05) is 7.05 Å². The van der Waals surface area contributed by atoms with Crippen molar-refractivity contribution in [2.75, 3.05) is 46.8 Å². The second-order valence-corrected chi connectivity index (χ2v) is 8.21. The Bertz CT molecular complexity index is 575. The molecule has 0 aliphatic carbocycles. The summed E-state index contributed by atoms with van der Waals surface area (Å²) in [6.45, 7) is 7.85. The Hall–Kier alpha value is -0.860. The lowest BCUT2D eigenvalue weighted by Gasteiger charge is -2.29. The lowest BCUT2D eigenvalue weighted by atomic mass is 9.97. The molecular weight excluding hydrogens is 461 g/mol. The van der Waals surface area contributed by atoms with Crippen LogP contribution in [0, 0.1) is 5.92 Å². The summed E-state index contributed by atoms with van der Waals surface area (Å²) in [6.07, 6.45) is 6.66. The predicted molar refractivity (Wildman–Crippen MR) is 129 cm³/mol. The molecule has 0 unspecified atom stereocenters. The van der Waals surface area contributed by atoms with E-state index in [2.05, 4.69) is 56.7 Å². The molecule has 0 atom stereocenters. The molecule has 2 aliphatic heterocycles. The van der Waals surface area contributed by atoms with E-state index < -0.39 is 0 Å². The van der Waals surface area contributed by atoms with Gasteiger partial charge in [0.2, 0.25) is 0 Å².